The lowest BCUT2D eigenvalue weighted by Gasteiger charge is -2.47. The zero-order valence-electron chi connectivity index (χ0n) is 19.7. The standard InChI is InChI=1S/C23H32N4O4.CH2O2/c1-22(5-3-2-4-6-22)21(29)26-10-7-23(8-11-26)20-24-9-12-27(20)17-18(31-23)19(28)25-13-15-30-16-14-25;2-1-3/h2-3,9,12,18H,4-8,10-11,13-17H2,1H3;1H,(H,2,3). The monoisotopic (exact) mass is 474 g/mol. The van der Waals surface area contributed by atoms with Gasteiger partial charge in [0.1, 0.15) is 11.4 Å². The summed E-state index contributed by atoms with van der Waals surface area (Å²) < 4.78 is 14.0. The van der Waals surface area contributed by atoms with Gasteiger partial charge in [-0.2, -0.15) is 0 Å². The van der Waals surface area contributed by atoms with Crippen LogP contribution in [0.2, 0.25) is 0 Å². The fourth-order valence-electron chi connectivity index (χ4n) is 5.47. The van der Waals surface area contributed by atoms with E-state index in [0.717, 1.165) is 25.1 Å². The molecule has 1 spiro atoms. The Morgan fingerprint density at radius 3 is 2.47 bits per heavy atom. The molecule has 5 rings (SSSR count). The highest BCUT2D eigenvalue weighted by molar-refractivity contribution is 5.83. The molecule has 1 N–H and O–H groups in total. The molecule has 0 aromatic carbocycles. The average Bonchev–Trinajstić information content (AvgIpc) is 3.35. The van der Waals surface area contributed by atoms with Crippen LogP contribution in [-0.4, -0.2) is 88.2 Å². The number of allylic oxidation sites excluding steroid dienone is 2. The van der Waals surface area contributed by atoms with Crippen molar-refractivity contribution < 1.29 is 29.0 Å². The molecule has 2 atom stereocenters. The predicted octanol–water partition coefficient (Wildman–Crippen LogP) is 1.41. The van der Waals surface area contributed by atoms with Crippen LogP contribution in [0.15, 0.2) is 24.5 Å². The first-order valence-electron chi connectivity index (χ1n) is 12.0. The molecule has 0 saturated carbocycles. The van der Waals surface area contributed by atoms with Gasteiger partial charge in [0.25, 0.3) is 12.4 Å². The molecule has 10 heteroatoms. The minimum absolute atomic E-state index is 0.0297. The topological polar surface area (TPSA) is 114 Å². The number of rotatable bonds is 2. The third-order valence-corrected chi connectivity index (χ3v) is 7.42. The summed E-state index contributed by atoms with van der Waals surface area (Å²) in [5.74, 6) is 1.16. The number of carboxylic acid groups (broad SMARTS) is 1. The fourth-order valence-corrected chi connectivity index (χ4v) is 5.47. The summed E-state index contributed by atoms with van der Waals surface area (Å²) in [7, 11) is 0. The highest BCUT2D eigenvalue weighted by atomic mass is 16.5. The number of amides is 2. The zero-order valence-corrected chi connectivity index (χ0v) is 19.7. The fraction of sp³-hybridized carbons (Fsp3) is 0.667. The van der Waals surface area contributed by atoms with E-state index in [1.54, 1.807) is 6.20 Å². The zero-order chi connectivity index (χ0) is 24.2. The average molecular weight is 475 g/mol. The minimum Gasteiger partial charge on any atom is -0.483 e. The van der Waals surface area contributed by atoms with Crippen molar-refractivity contribution in [1.82, 2.24) is 19.4 Å². The molecule has 1 aromatic rings. The molecule has 10 nitrogen and oxygen atoms in total. The van der Waals surface area contributed by atoms with E-state index >= 15 is 0 Å². The van der Waals surface area contributed by atoms with Crippen LogP contribution < -0.4 is 0 Å². The molecule has 4 heterocycles. The molecule has 34 heavy (non-hydrogen) atoms. The normalized spacial score (nSPS) is 28.0. The van der Waals surface area contributed by atoms with Crippen molar-refractivity contribution in [3.63, 3.8) is 0 Å². The van der Waals surface area contributed by atoms with Crippen molar-refractivity contribution in [2.45, 2.75) is 57.3 Å². The molecule has 1 aliphatic carbocycles. The van der Waals surface area contributed by atoms with Gasteiger partial charge in [-0.3, -0.25) is 14.4 Å². The number of carbonyl (C=O) groups is 3. The van der Waals surface area contributed by atoms with Crippen molar-refractivity contribution in [3.05, 3.63) is 30.4 Å². The molecule has 3 aliphatic heterocycles. The van der Waals surface area contributed by atoms with Crippen LogP contribution in [0.4, 0.5) is 0 Å². The number of piperidine rings is 1. The maximum absolute atomic E-state index is 13.3. The summed E-state index contributed by atoms with van der Waals surface area (Å²) >= 11 is 0. The van der Waals surface area contributed by atoms with E-state index in [2.05, 4.69) is 28.6 Å². The second kappa shape index (κ2) is 10.3. The van der Waals surface area contributed by atoms with Gasteiger partial charge in [0.15, 0.2) is 6.10 Å². The Balaban J connectivity index is 0.000000868. The minimum atomic E-state index is -0.613. The molecule has 2 fully saturated rings. The number of ether oxygens (including phenoxy) is 2. The van der Waals surface area contributed by atoms with Crippen molar-refractivity contribution >= 4 is 18.3 Å². The van der Waals surface area contributed by atoms with Crippen LogP contribution in [0.1, 0.15) is 44.9 Å². The number of imidazole rings is 1. The lowest BCUT2D eigenvalue weighted by atomic mass is 9.77. The molecule has 2 amide bonds. The summed E-state index contributed by atoms with van der Waals surface area (Å²) in [6.07, 6.45) is 11.5. The molecule has 0 bridgehead atoms. The molecule has 2 unspecified atom stereocenters. The number of fused-ring (bicyclic) bond motifs is 2. The summed E-state index contributed by atoms with van der Waals surface area (Å²) in [6.45, 7) is 5.95. The third kappa shape index (κ3) is 4.74. The molecule has 2 saturated heterocycles. The van der Waals surface area contributed by atoms with E-state index in [4.69, 9.17) is 19.4 Å². The molecule has 186 valence electrons. The van der Waals surface area contributed by atoms with Crippen molar-refractivity contribution in [1.29, 1.82) is 0 Å². The van der Waals surface area contributed by atoms with Gasteiger partial charge in [-0.05, 0) is 19.3 Å². The Morgan fingerprint density at radius 1 is 1.12 bits per heavy atom. The largest absolute Gasteiger partial charge is 0.483 e. The van der Waals surface area contributed by atoms with Gasteiger partial charge < -0.3 is 28.9 Å². The highest BCUT2D eigenvalue weighted by Gasteiger charge is 2.49. The Morgan fingerprint density at radius 2 is 1.82 bits per heavy atom. The van der Waals surface area contributed by atoms with E-state index < -0.39 is 11.7 Å². The molecule has 4 aliphatic rings. The third-order valence-electron chi connectivity index (χ3n) is 7.42. The molecule has 1 aromatic heterocycles. The van der Waals surface area contributed by atoms with Crippen molar-refractivity contribution in [2.24, 2.45) is 5.41 Å². The van der Waals surface area contributed by atoms with Gasteiger partial charge in [-0.15, -0.1) is 0 Å². The lowest BCUT2D eigenvalue weighted by Crippen LogP contribution is -2.57. The Bertz CT molecular complexity index is 916. The predicted molar refractivity (Wildman–Crippen MR) is 122 cm³/mol. The maximum atomic E-state index is 13.3. The van der Waals surface area contributed by atoms with E-state index in [1.165, 1.54) is 0 Å². The molecule has 0 radical (unpaired) electrons. The summed E-state index contributed by atoms with van der Waals surface area (Å²) in [5, 5.41) is 6.89. The van der Waals surface area contributed by atoms with Gasteiger partial charge in [-0.1, -0.05) is 19.1 Å². The number of likely N-dealkylation sites (tertiary alicyclic amines) is 1. The number of carbonyl (C=O) groups excluding carboxylic acids is 2. The second-order valence-electron chi connectivity index (χ2n) is 9.61. The number of nitrogens with zero attached hydrogens (tertiary/aromatic N) is 4. The van der Waals surface area contributed by atoms with Crippen LogP contribution in [0.5, 0.6) is 0 Å². The van der Waals surface area contributed by atoms with Gasteiger partial charge in [0.2, 0.25) is 5.91 Å². The molecular weight excluding hydrogens is 440 g/mol. The van der Waals surface area contributed by atoms with Crippen LogP contribution in [0, 0.1) is 5.41 Å². The Hall–Kier alpha value is -2.72. The summed E-state index contributed by atoms with van der Waals surface area (Å²) in [4.78, 5) is 43.2. The first kappa shape index (κ1) is 24.4. The van der Waals surface area contributed by atoms with Crippen molar-refractivity contribution in [2.75, 3.05) is 39.4 Å². The summed E-state index contributed by atoms with van der Waals surface area (Å²) in [6, 6.07) is 0. The van der Waals surface area contributed by atoms with E-state index in [0.29, 0.717) is 58.8 Å². The van der Waals surface area contributed by atoms with Crippen molar-refractivity contribution in [3.8, 4) is 0 Å². The number of hydrogen-bond donors (Lipinski definition) is 1. The quantitative estimate of drug-likeness (QED) is 0.509. The van der Waals surface area contributed by atoms with E-state index in [-0.39, 0.29) is 23.7 Å². The van der Waals surface area contributed by atoms with E-state index in [1.807, 2.05) is 16.0 Å². The highest BCUT2D eigenvalue weighted by Crippen LogP contribution is 2.42. The maximum Gasteiger partial charge on any atom is 0.290 e. The van der Waals surface area contributed by atoms with Crippen LogP contribution >= 0.6 is 0 Å². The van der Waals surface area contributed by atoms with Gasteiger partial charge in [-0.25, -0.2) is 4.98 Å². The summed E-state index contributed by atoms with van der Waals surface area (Å²) in [5.41, 5.74) is -0.918. The van der Waals surface area contributed by atoms with Crippen LogP contribution in [0.3, 0.4) is 0 Å². The van der Waals surface area contributed by atoms with Crippen LogP contribution in [-0.2, 0) is 36.0 Å². The van der Waals surface area contributed by atoms with Crippen LogP contribution in [0.25, 0.3) is 0 Å². The molecular formula is C24H34N4O6. The number of hydrogen-bond acceptors (Lipinski definition) is 6. The second-order valence-corrected chi connectivity index (χ2v) is 9.61. The van der Waals surface area contributed by atoms with Gasteiger partial charge in [0, 0.05) is 51.4 Å². The van der Waals surface area contributed by atoms with E-state index in [9.17, 15) is 9.59 Å². The Kier molecular flexibility index (Phi) is 7.37. The smallest absolute Gasteiger partial charge is 0.290 e. The lowest BCUT2D eigenvalue weighted by molar-refractivity contribution is -0.186. The first-order chi connectivity index (χ1) is 16.4. The number of morpholine rings is 1. The Labute approximate surface area is 199 Å². The van der Waals surface area contributed by atoms with Gasteiger partial charge >= 0.3 is 0 Å². The number of aromatic nitrogens is 2. The first-order valence-corrected chi connectivity index (χ1v) is 12.0. The van der Waals surface area contributed by atoms with Gasteiger partial charge in [0.05, 0.1) is 25.2 Å². The SMILES string of the molecule is CC1(C(=O)N2CCC3(CC2)OC(C(=O)N2CCOCC2)Cn2ccnc23)CC=CCC1.O=CO.